The largest absolute Gasteiger partial charge is 0.456 e. The molecule has 0 atom stereocenters. The Hall–Kier alpha value is -0.417. The molecule has 0 aromatic heterocycles. The van der Waals surface area contributed by atoms with Crippen molar-refractivity contribution in [1.29, 1.82) is 0 Å². The van der Waals surface area contributed by atoms with Gasteiger partial charge in [0.2, 0.25) is 35.8 Å². The normalized spacial score (nSPS) is 16.5. The van der Waals surface area contributed by atoms with Crippen LogP contribution in [0.5, 0.6) is 0 Å². The Morgan fingerprint density at radius 2 is 0.390 bits per heavy atom. The van der Waals surface area contributed by atoms with Gasteiger partial charge in [0.1, 0.15) is 0 Å². The van der Waals surface area contributed by atoms with Gasteiger partial charge in [-0.05, 0) is 271 Å². The van der Waals surface area contributed by atoms with E-state index < -0.39 is 99.8 Å². The van der Waals surface area contributed by atoms with E-state index in [1.54, 1.807) is 0 Å². The lowest BCUT2D eigenvalue weighted by Gasteiger charge is -2.37. The van der Waals surface area contributed by atoms with Crippen molar-refractivity contribution in [2.24, 2.45) is 30.0 Å². The Balaban J connectivity index is 2.33. The van der Waals surface area contributed by atoms with Gasteiger partial charge in [-0.15, -0.1) is 0 Å². The van der Waals surface area contributed by atoms with E-state index in [4.69, 9.17) is 54.6 Å². The summed E-state index contributed by atoms with van der Waals surface area (Å²) in [5.41, 5.74) is 0. The summed E-state index contributed by atoms with van der Waals surface area (Å²) in [6.07, 6.45) is 5.89. The third-order valence-electron chi connectivity index (χ3n) is 13.4. The molecule has 0 spiro atoms. The fraction of sp³-hybridized carbons (Fsp3) is 0.889. The summed E-state index contributed by atoms with van der Waals surface area (Å²) in [6.45, 7) is 75.1. The zero-order valence-electron chi connectivity index (χ0n) is 58.6. The van der Waals surface area contributed by atoms with Gasteiger partial charge in [-0.25, -0.2) is 4.90 Å². The molecule has 0 saturated heterocycles. The van der Waals surface area contributed by atoms with E-state index in [9.17, 15) is 0 Å². The summed E-state index contributed by atoms with van der Waals surface area (Å²) in [7, 11) is -21.9. The number of aliphatic imine (C=N–C) groups is 6. The highest BCUT2D eigenvalue weighted by molar-refractivity contribution is 6.87. The third kappa shape index (κ3) is 31.2. The quantitative estimate of drug-likeness (QED) is 0.0556. The van der Waals surface area contributed by atoms with Gasteiger partial charge in [-0.1, -0.05) is 0 Å². The van der Waals surface area contributed by atoms with Gasteiger partial charge >= 0.3 is 0 Å². The first-order valence-corrected chi connectivity index (χ1v) is 70.6. The Morgan fingerprint density at radius 3 is 0.524 bits per heavy atom. The van der Waals surface area contributed by atoms with Gasteiger partial charge in [-0.3, -0.25) is 0 Å². The molecule has 476 valence electrons. The minimum Gasteiger partial charge on any atom is -0.456 e. The van der Waals surface area contributed by atoms with E-state index in [1.165, 1.54) is 0 Å². The van der Waals surface area contributed by atoms with Crippen LogP contribution in [-0.2, 0) is 24.7 Å². The average molecular weight is 1350 g/mol. The molecule has 0 N–H and O–H groups in total. The van der Waals surface area contributed by atoms with Crippen LogP contribution in [0.25, 0.3) is 0 Å². The smallest absolute Gasteiger partial charge is 0.246 e. The summed E-state index contributed by atoms with van der Waals surface area (Å²) in [5.74, 6) is 3.56. The fourth-order valence-corrected chi connectivity index (χ4v) is 60.4. The van der Waals surface area contributed by atoms with Crippen molar-refractivity contribution in [1.82, 2.24) is 19.6 Å². The van der Waals surface area contributed by atoms with Crippen LogP contribution in [-0.4, -0.2) is 194 Å². The van der Waals surface area contributed by atoms with E-state index in [0.717, 1.165) is 114 Å². The summed E-state index contributed by atoms with van der Waals surface area (Å²) < 4.78 is 41.3. The Bertz CT molecular complexity index is 1930. The van der Waals surface area contributed by atoms with E-state index in [-0.39, 0.29) is 0 Å². The minimum absolute atomic E-state index is 0.530. The SMILES string of the molecule is C[Si](C)(C)O[Si](C)(C)CCCN(CCC[Si](C)(C)O[Si](C)(C)C)C1=NC2=NC(N(CCC[Si](C)(C)O[Si](C)(C)C)CCC[Si](C)(C)O[Si](C)(C)C)=NC3=NC(N(CCC[Si](C)(C)O[Si](C)(C)C)CCC[Si](C)(C)O[Si](C)(C)C)=NC(=N1)N23. The summed E-state index contributed by atoms with van der Waals surface area (Å²) in [5, 5.41) is 0. The second-order valence-corrected chi connectivity index (χ2v) is 87.6. The monoisotopic (exact) mass is 1350 g/mol. The van der Waals surface area contributed by atoms with Gasteiger partial charge in [0.15, 0.2) is 99.8 Å². The topological polar surface area (TPSA) is 142 Å². The Morgan fingerprint density at radius 1 is 0.244 bits per heavy atom. The lowest BCUT2D eigenvalue weighted by atomic mass is 10.3. The van der Waals surface area contributed by atoms with Crippen molar-refractivity contribution in [2.75, 3.05) is 39.3 Å². The van der Waals surface area contributed by atoms with E-state index in [2.05, 4.69) is 211 Å². The standard InChI is InChI=1S/C54H126N10O6Si12/c1-71(2,3)65-77(19,20)43-31-37-61(38-32-44-78(21,22)66-72(4,5)6)49-55-52-57-50(62(39-33-45-79(23,24)67-73(7,8)9)40-34-46-80(25,26)68-74(10,11)12)59-54-60-51(58-53(56-49)64(52)54)63(41-35-47-81(27,28)69-75(13,14)15)42-36-48-82(29,30)70-76(16,17)18/h31-48H2,1-30H3. The lowest BCUT2D eigenvalue weighted by molar-refractivity contribution is 0.398. The molecule has 0 radical (unpaired) electrons. The number of hydrogen-bond donors (Lipinski definition) is 0. The fourth-order valence-electron chi connectivity index (χ4n) is 12.1. The van der Waals surface area contributed by atoms with E-state index in [0.29, 0.717) is 35.8 Å². The third-order valence-corrected chi connectivity index (χ3v) is 50.7. The van der Waals surface area contributed by atoms with Gasteiger partial charge in [0.05, 0.1) is 0 Å². The maximum atomic E-state index is 6.89. The molecule has 0 saturated carbocycles. The molecule has 3 rings (SSSR count). The second kappa shape index (κ2) is 29.5. The first-order valence-electron chi connectivity index (χ1n) is 31.5. The van der Waals surface area contributed by atoms with Gasteiger partial charge in [0, 0.05) is 39.3 Å². The highest BCUT2D eigenvalue weighted by atomic mass is 28.4. The highest BCUT2D eigenvalue weighted by Crippen LogP contribution is 2.29. The van der Waals surface area contributed by atoms with Crippen LogP contribution in [0, 0.1) is 0 Å². The molecule has 3 aliphatic rings. The summed E-state index contributed by atoms with van der Waals surface area (Å²) in [6, 6.07) is 6.33. The van der Waals surface area contributed by atoms with Crippen LogP contribution in [0.1, 0.15) is 38.5 Å². The molecule has 0 aromatic rings. The zero-order chi connectivity index (χ0) is 63.0. The zero-order valence-corrected chi connectivity index (χ0v) is 70.6. The first-order chi connectivity index (χ1) is 36.7. The van der Waals surface area contributed by atoms with E-state index >= 15 is 0 Å². The maximum absolute atomic E-state index is 6.89. The van der Waals surface area contributed by atoms with E-state index in [1.807, 2.05) is 4.90 Å². The molecule has 0 amide bonds. The minimum atomic E-state index is -1.94. The summed E-state index contributed by atoms with van der Waals surface area (Å²) in [4.78, 5) is 42.0. The molecule has 82 heavy (non-hydrogen) atoms. The molecular formula is C54H126N10O6Si12. The highest BCUT2D eigenvalue weighted by Gasteiger charge is 2.41. The van der Waals surface area contributed by atoms with Gasteiger partial charge in [0.25, 0.3) is 0 Å². The molecule has 3 heterocycles. The summed E-state index contributed by atoms with van der Waals surface area (Å²) >= 11 is 0. The number of hydrogen-bond acceptors (Lipinski definition) is 16. The molecule has 16 nitrogen and oxygen atoms in total. The maximum Gasteiger partial charge on any atom is 0.246 e. The van der Waals surface area contributed by atoms with Crippen molar-refractivity contribution in [3.63, 3.8) is 0 Å². The average Bonchev–Trinajstić information content (AvgIpc) is 3.19. The molecule has 3 aliphatic heterocycles. The van der Waals surface area contributed by atoms with Crippen LogP contribution in [0.2, 0.25) is 233 Å². The molecule has 0 aromatic carbocycles. The van der Waals surface area contributed by atoms with Crippen molar-refractivity contribution in [3.05, 3.63) is 0 Å². The second-order valence-electron chi connectivity index (χ2n) is 33.2. The van der Waals surface area contributed by atoms with Crippen molar-refractivity contribution >= 4 is 136 Å². The molecule has 0 aliphatic carbocycles. The molecular weight excluding hydrogens is 1220 g/mol. The van der Waals surface area contributed by atoms with Crippen LogP contribution in [0.4, 0.5) is 0 Å². The number of nitrogens with zero attached hydrogens (tertiary/aromatic N) is 10. The number of guanidine groups is 6. The van der Waals surface area contributed by atoms with Gasteiger partial charge in [-0.2, -0.15) is 30.0 Å². The van der Waals surface area contributed by atoms with Crippen LogP contribution < -0.4 is 0 Å². The number of rotatable bonds is 36. The molecule has 0 unspecified atom stereocenters. The molecule has 0 bridgehead atoms. The Labute approximate surface area is 516 Å². The Kier molecular flexibility index (Phi) is 27.3. The predicted molar refractivity (Wildman–Crippen MR) is 389 cm³/mol. The first kappa shape index (κ1) is 75.8. The van der Waals surface area contributed by atoms with Crippen molar-refractivity contribution in [2.45, 2.75) is 271 Å². The van der Waals surface area contributed by atoms with Crippen LogP contribution in [0.15, 0.2) is 30.0 Å². The van der Waals surface area contributed by atoms with Gasteiger partial charge < -0.3 is 39.4 Å². The molecule has 28 heteroatoms. The van der Waals surface area contributed by atoms with Crippen molar-refractivity contribution < 1.29 is 24.7 Å². The predicted octanol–water partition coefficient (Wildman–Crippen LogP) is 16.1. The lowest BCUT2D eigenvalue weighted by Crippen LogP contribution is -2.53. The van der Waals surface area contributed by atoms with Crippen LogP contribution in [0.3, 0.4) is 0 Å². The molecule has 0 fully saturated rings. The van der Waals surface area contributed by atoms with Crippen LogP contribution >= 0.6 is 0 Å². The van der Waals surface area contributed by atoms with Crippen molar-refractivity contribution in [3.8, 4) is 0 Å².